The lowest BCUT2D eigenvalue weighted by molar-refractivity contribution is -0.124. The van der Waals surface area contributed by atoms with E-state index in [1.165, 1.54) is 5.56 Å². The van der Waals surface area contributed by atoms with E-state index < -0.39 is 0 Å². The van der Waals surface area contributed by atoms with E-state index in [0.29, 0.717) is 6.54 Å². The molecule has 0 aromatic carbocycles. The molecule has 2 atom stereocenters. The molecular formula is C13H24N4O. The molecule has 5 heteroatoms. The first-order valence-electron chi connectivity index (χ1n) is 6.37. The molecule has 0 saturated carbocycles. The van der Waals surface area contributed by atoms with Gasteiger partial charge < -0.3 is 11.1 Å². The van der Waals surface area contributed by atoms with Crippen molar-refractivity contribution < 1.29 is 4.79 Å². The van der Waals surface area contributed by atoms with Crippen LogP contribution in [0.15, 0.2) is 0 Å². The quantitative estimate of drug-likeness (QED) is 0.809. The van der Waals surface area contributed by atoms with Crippen LogP contribution in [0.5, 0.6) is 0 Å². The second-order valence-corrected chi connectivity index (χ2v) is 4.96. The number of carbonyl (C=O) groups is 1. The normalized spacial score (nSPS) is 14.3. The molecule has 18 heavy (non-hydrogen) atoms. The lowest BCUT2D eigenvalue weighted by Crippen LogP contribution is -2.39. The molecular weight excluding hydrogens is 228 g/mol. The third kappa shape index (κ3) is 3.32. The molecule has 0 fully saturated rings. The van der Waals surface area contributed by atoms with Gasteiger partial charge in [-0.3, -0.25) is 9.48 Å². The van der Waals surface area contributed by atoms with Crippen LogP contribution in [-0.4, -0.2) is 28.3 Å². The molecule has 0 spiro atoms. The van der Waals surface area contributed by atoms with E-state index >= 15 is 0 Å². The lowest BCUT2D eigenvalue weighted by Gasteiger charge is -2.15. The molecule has 0 aliphatic heterocycles. The number of rotatable bonds is 5. The summed E-state index contributed by atoms with van der Waals surface area (Å²) in [7, 11) is 1.93. The van der Waals surface area contributed by atoms with Crippen molar-refractivity contribution >= 4 is 5.91 Å². The zero-order valence-electron chi connectivity index (χ0n) is 11.9. The van der Waals surface area contributed by atoms with E-state index in [4.69, 9.17) is 5.73 Å². The van der Waals surface area contributed by atoms with E-state index in [-0.39, 0.29) is 17.9 Å². The van der Waals surface area contributed by atoms with Gasteiger partial charge >= 0.3 is 0 Å². The highest BCUT2D eigenvalue weighted by atomic mass is 16.1. The van der Waals surface area contributed by atoms with E-state index in [2.05, 4.69) is 10.4 Å². The summed E-state index contributed by atoms with van der Waals surface area (Å²) in [4.78, 5) is 11.7. The van der Waals surface area contributed by atoms with Crippen LogP contribution in [0.3, 0.4) is 0 Å². The Morgan fingerprint density at radius 1 is 1.44 bits per heavy atom. The fourth-order valence-corrected chi connectivity index (χ4v) is 1.89. The van der Waals surface area contributed by atoms with Crippen LogP contribution >= 0.6 is 0 Å². The SMILES string of the molecule is Cc1nn(C)c(C)c1CCNC(=O)C(C)C(C)N. The van der Waals surface area contributed by atoms with E-state index in [0.717, 1.165) is 17.8 Å². The van der Waals surface area contributed by atoms with Gasteiger partial charge in [-0.15, -0.1) is 0 Å². The third-order valence-corrected chi connectivity index (χ3v) is 3.54. The summed E-state index contributed by atoms with van der Waals surface area (Å²) in [6.07, 6.45) is 0.808. The number of nitrogens with two attached hydrogens (primary N) is 1. The van der Waals surface area contributed by atoms with Crippen molar-refractivity contribution in [3.63, 3.8) is 0 Å². The molecule has 1 heterocycles. The topological polar surface area (TPSA) is 72.9 Å². The van der Waals surface area contributed by atoms with Crippen LogP contribution in [0.25, 0.3) is 0 Å². The second-order valence-electron chi connectivity index (χ2n) is 4.96. The van der Waals surface area contributed by atoms with Crippen LogP contribution < -0.4 is 11.1 Å². The summed E-state index contributed by atoms with van der Waals surface area (Å²) in [6.45, 7) is 8.36. The van der Waals surface area contributed by atoms with Gasteiger partial charge in [0.1, 0.15) is 0 Å². The third-order valence-electron chi connectivity index (χ3n) is 3.54. The van der Waals surface area contributed by atoms with E-state index in [1.54, 1.807) is 0 Å². The van der Waals surface area contributed by atoms with Crippen LogP contribution in [0.1, 0.15) is 30.8 Å². The maximum absolute atomic E-state index is 11.7. The average molecular weight is 252 g/mol. The minimum atomic E-state index is -0.152. The van der Waals surface area contributed by atoms with Gasteiger partial charge in [0.05, 0.1) is 5.69 Å². The first-order valence-corrected chi connectivity index (χ1v) is 6.37. The molecule has 0 radical (unpaired) electrons. The van der Waals surface area contributed by atoms with Crippen molar-refractivity contribution in [2.24, 2.45) is 18.7 Å². The van der Waals surface area contributed by atoms with Gasteiger partial charge in [-0.05, 0) is 32.8 Å². The zero-order chi connectivity index (χ0) is 13.9. The Kier molecular flexibility index (Phi) is 4.90. The van der Waals surface area contributed by atoms with Crippen molar-refractivity contribution in [2.45, 2.75) is 40.2 Å². The molecule has 3 N–H and O–H groups in total. The fourth-order valence-electron chi connectivity index (χ4n) is 1.89. The summed E-state index contributed by atoms with van der Waals surface area (Å²) < 4.78 is 1.87. The maximum Gasteiger partial charge on any atom is 0.224 e. The number of nitrogens with one attached hydrogen (secondary N) is 1. The molecule has 1 rings (SSSR count). The highest BCUT2D eigenvalue weighted by Crippen LogP contribution is 2.12. The molecule has 1 amide bonds. The number of aryl methyl sites for hydroxylation is 2. The molecule has 0 aliphatic rings. The Balaban J connectivity index is 2.50. The number of aromatic nitrogens is 2. The number of hydrogen-bond donors (Lipinski definition) is 2. The first kappa shape index (κ1) is 14.7. The van der Waals surface area contributed by atoms with Gasteiger partial charge in [0.15, 0.2) is 0 Å². The molecule has 2 unspecified atom stereocenters. The summed E-state index contributed by atoms with van der Waals surface area (Å²) in [5.41, 5.74) is 9.10. The highest BCUT2D eigenvalue weighted by molar-refractivity contribution is 5.78. The molecule has 0 aliphatic carbocycles. The average Bonchev–Trinajstić information content (AvgIpc) is 2.54. The fraction of sp³-hybridized carbons (Fsp3) is 0.692. The minimum Gasteiger partial charge on any atom is -0.355 e. The zero-order valence-corrected chi connectivity index (χ0v) is 11.9. The van der Waals surface area contributed by atoms with Gasteiger partial charge in [0, 0.05) is 31.2 Å². The summed E-state index contributed by atoms with van der Waals surface area (Å²) in [5.74, 6) is -0.134. The van der Waals surface area contributed by atoms with Crippen LogP contribution in [0.2, 0.25) is 0 Å². The van der Waals surface area contributed by atoms with Gasteiger partial charge in [0.2, 0.25) is 5.91 Å². The predicted octanol–water partition coefficient (Wildman–Crippen LogP) is 0.679. The number of carbonyl (C=O) groups excluding carboxylic acids is 1. The summed E-state index contributed by atoms with van der Waals surface area (Å²) >= 11 is 0. The molecule has 0 saturated heterocycles. The Bertz CT molecular complexity index is 423. The Hall–Kier alpha value is -1.36. The molecule has 1 aromatic heterocycles. The number of amides is 1. The smallest absolute Gasteiger partial charge is 0.224 e. The van der Waals surface area contributed by atoms with E-state index in [1.807, 2.05) is 39.4 Å². The van der Waals surface area contributed by atoms with Crippen molar-refractivity contribution in [1.82, 2.24) is 15.1 Å². The second kappa shape index (κ2) is 6.00. The van der Waals surface area contributed by atoms with Gasteiger partial charge in [0.25, 0.3) is 0 Å². The van der Waals surface area contributed by atoms with Crippen molar-refractivity contribution in [1.29, 1.82) is 0 Å². The van der Waals surface area contributed by atoms with Crippen LogP contribution in [0, 0.1) is 19.8 Å². The predicted molar refractivity (Wildman–Crippen MR) is 72.2 cm³/mol. The molecule has 102 valence electrons. The first-order chi connectivity index (χ1) is 8.34. The monoisotopic (exact) mass is 252 g/mol. The van der Waals surface area contributed by atoms with Gasteiger partial charge in [-0.1, -0.05) is 6.92 Å². The summed E-state index contributed by atoms with van der Waals surface area (Å²) in [5, 5.41) is 7.28. The molecule has 5 nitrogen and oxygen atoms in total. The van der Waals surface area contributed by atoms with Crippen molar-refractivity contribution in [3.8, 4) is 0 Å². The van der Waals surface area contributed by atoms with E-state index in [9.17, 15) is 4.79 Å². The van der Waals surface area contributed by atoms with Crippen molar-refractivity contribution in [2.75, 3.05) is 6.54 Å². The number of nitrogens with zero attached hydrogens (tertiary/aromatic N) is 2. The maximum atomic E-state index is 11.7. The minimum absolute atomic E-state index is 0.0178. The van der Waals surface area contributed by atoms with Crippen molar-refractivity contribution in [3.05, 3.63) is 17.0 Å². The Morgan fingerprint density at radius 2 is 2.06 bits per heavy atom. The lowest BCUT2D eigenvalue weighted by atomic mass is 10.0. The Labute approximate surface area is 109 Å². The van der Waals surface area contributed by atoms with Gasteiger partial charge in [-0.2, -0.15) is 5.10 Å². The largest absolute Gasteiger partial charge is 0.355 e. The number of hydrogen-bond acceptors (Lipinski definition) is 3. The van der Waals surface area contributed by atoms with Crippen LogP contribution in [0.4, 0.5) is 0 Å². The van der Waals surface area contributed by atoms with Gasteiger partial charge in [-0.25, -0.2) is 0 Å². The standard InChI is InChI=1S/C13H24N4O/c1-8(9(2)14)13(18)15-7-6-12-10(3)16-17(5)11(12)4/h8-9H,6-7,14H2,1-5H3,(H,15,18). The molecule has 0 bridgehead atoms. The summed E-state index contributed by atoms with van der Waals surface area (Å²) in [6, 6.07) is -0.119. The molecule has 1 aromatic rings. The highest BCUT2D eigenvalue weighted by Gasteiger charge is 2.16. The Morgan fingerprint density at radius 3 is 2.50 bits per heavy atom. The van der Waals surface area contributed by atoms with Crippen LogP contribution in [-0.2, 0) is 18.3 Å².